The lowest BCUT2D eigenvalue weighted by molar-refractivity contribution is -0.131. The van der Waals surface area contributed by atoms with E-state index in [2.05, 4.69) is 4.72 Å². The molecular weight excluding hydrogens is 399 g/mol. The SMILES string of the molecule is O=C(NCC(F)(F)F)c1ccc(S(=O)(=O)NCCC(=O)N2CCCCC2)cc1. The summed E-state index contributed by atoms with van der Waals surface area (Å²) in [5, 5.41) is 1.70. The summed E-state index contributed by atoms with van der Waals surface area (Å²) < 4.78 is 63.2. The molecule has 1 heterocycles. The first-order valence-corrected chi connectivity index (χ1v) is 10.3. The van der Waals surface area contributed by atoms with E-state index in [4.69, 9.17) is 0 Å². The van der Waals surface area contributed by atoms with Crippen molar-refractivity contribution in [3.05, 3.63) is 29.8 Å². The molecule has 11 heteroatoms. The zero-order chi connectivity index (χ0) is 20.8. The molecular formula is C17H22F3N3O4S. The van der Waals surface area contributed by atoms with Crippen LogP contribution < -0.4 is 10.0 Å². The van der Waals surface area contributed by atoms with Crippen LogP contribution in [-0.2, 0) is 14.8 Å². The van der Waals surface area contributed by atoms with E-state index >= 15 is 0 Å². The molecule has 2 amide bonds. The Morgan fingerprint density at radius 2 is 1.64 bits per heavy atom. The first kappa shape index (κ1) is 22.2. The number of amides is 2. The van der Waals surface area contributed by atoms with Crippen molar-refractivity contribution in [2.45, 2.75) is 36.8 Å². The topological polar surface area (TPSA) is 95.6 Å². The van der Waals surface area contributed by atoms with Crippen LogP contribution in [0.15, 0.2) is 29.2 Å². The predicted molar refractivity (Wildman–Crippen MR) is 95.1 cm³/mol. The first-order chi connectivity index (χ1) is 13.1. The lowest BCUT2D eigenvalue weighted by Crippen LogP contribution is -2.37. The number of alkyl halides is 3. The highest BCUT2D eigenvalue weighted by Gasteiger charge is 2.28. The summed E-state index contributed by atoms with van der Waals surface area (Å²) in [5.41, 5.74) is -0.0940. The average molecular weight is 421 g/mol. The monoisotopic (exact) mass is 421 g/mol. The van der Waals surface area contributed by atoms with Gasteiger partial charge in [0, 0.05) is 31.6 Å². The van der Waals surface area contributed by atoms with Crippen molar-refractivity contribution in [3.63, 3.8) is 0 Å². The third kappa shape index (κ3) is 6.79. The van der Waals surface area contributed by atoms with Gasteiger partial charge in [-0.1, -0.05) is 0 Å². The molecule has 0 saturated carbocycles. The normalized spacial score (nSPS) is 15.3. The number of carbonyl (C=O) groups excluding carboxylic acids is 2. The highest BCUT2D eigenvalue weighted by Crippen LogP contribution is 2.14. The number of rotatable bonds is 7. The number of hydrogen-bond donors (Lipinski definition) is 2. The highest BCUT2D eigenvalue weighted by molar-refractivity contribution is 7.89. The molecule has 1 aliphatic rings. The van der Waals surface area contributed by atoms with E-state index in [0.717, 1.165) is 43.5 Å². The maximum Gasteiger partial charge on any atom is 0.405 e. The molecule has 0 bridgehead atoms. The van der Waals surface area contributed by atoms with Gasteiger partial charge in [0.25, 0.3) is 5.91 Å². The van der Waals surface area contributed by atoms with Crippen molar-refractivity contribution in [1.29, 1.82) is 0 Å². The molecule has 1 aromatic carbocycles. The molecule has 28 heavy (non-hydrogen) atoms. The Morgan fingerprint density at radius 1 is 1.04 bits per heavy atom. The molecule has 0 aliphatic carbocycles. The van der Waals surface area contributed by atoms with Crippen molar-refractivity contribution >= 4 is 21.8 Å². The van der Waals surface area contributed by atoms with Crippen LogP contribution in [0.5, 0.6) is 0 Å². The summed E-state index contributed by atoms with van der Waals surface area (Å²) in [6.45, 7) is -0.170. The van der Waals surface area contributed by atoms with Gasteiger partial charge >= 0.3 is 6.18 Å². The maximum atomic E-state index is 12.2. The Kier molecular flexibility index (Phi) is 7.41. The second kappa shape index (κ2) is 9.37. The molecule has 1 aliphatic heterocycles. The number of carbonyl (C=O) groups is 2. The summed E-state index contributed by atoms with van der Waals surface area (Å²) in [4.78, 5) is 25.2. The largest absolute Gasteiger partial charge is 0.405 e. The van der Waals surface area contributed by atoms with Crippen molar-refractivity contribution in [1.82, 2.24) is 14.9 Å². The third-order valence-corrected chi connectivity index (χ3v) is 5.69. The number of sulfonamides is 1. The average Bonchev–Trinajstić information content (AvgIpc) is 2.66. The summed E-state index contributed by atoms with van der Waals surface area (Å²) in [7, 11) is -3.90. The van der Waals surface area contributed by atoms with E-state index in [9.17, 15) is 31.2 Å². The van der Waals surface area contributed by atoms with Crippen LogP contribution in [0, 0.1) is 0 Å². The molecule has 2 N–H and O–H groups in total. The Balaban J connectivity index is 1.87. The molecule has 0 spiro atoms. The van der Waals surface area contributed by atoms with Gasteiger partial charge in [0.2, 0.25) is 15.9 Å². The van der Waals surface area contributed by atoms with Gasteiger partial charge in [-0.15, -0.1) is 0 Å². The number of nitrogens with zero attached hydrogens (tertiary/aromatic N) is 1. The zero-order valence-corrected chi connectivity index (χ0v) is 15.9. The molecule has 0 unspecified atom stereocenters. The molecule has 0 radical (unpaired) electrons. The van der Waals surface area contributed by atoms with Gasteiger partial charge in [-0.3, -0.25) is 9.59 Å². The Labute approximate surface area is 161 Å². The minimum Gasteiger partial charge on any atom is -0.343 e. The quantitative estimate of drug-likeness (QED) is 0.700. The van der Waals surface area contributed by atoms with Crippen molar-refractivity contribution in [2.24, 2.45) is 0 Å². The van der Waals surface area contributed by atoms with E-state index in [-0.39, 0.29) is 29.3 Å². The van der Waals surface area contributed by atoms with Gasteiger partial charge in [0.15, 0.2) is 0 Å². The summed E-state index contributed by atoms with van der Waals surface area (Å²) >= 11 is 0. The lowest BCUT2D eigenvalue weighted by Gasteiger charge is -2.26. The number of likely N-dealkylation sites (tertiary alicyclic amines) is 1. The van der Waals surface area contributed by atoms with E-state index < -0.39 is 28.7 Å². The van der Waals surface area contributed by atoms with Gasteiger partial charge in [-0.25, -0.2) is 13.1 Å². The number of halogens is 3. The molecule has 1 saturated heterocycles. The van der Waals surface area contributed by atoms with Crippen LogP contribution in [-0.4, -0.2) is 57.5 Å². The van der Waals surface area contributed by atoms with Gasteiger partial charge < -0.3 is 10.2 Å². The molecule has 0 atom stereocenters. The van der Waals surface area contributed by atoms with Crippen LogP contribution >= 0.6 is 0 Å². The number of hydrogen-bond acceptors (Lipinski definition) is 4. The smallest absolute Gasteiger partial charge is 0.343 e. The summed E-state index contributed by atoms with van der Waals surface area (Å²) in [6, 6.07) is 4.49. The number of nitrogens with one attached hydrogen (secondary N) is 2. The fraction of sp³-hybridized carbons (Fsp3) is 0.529. The van der Waals surface area contributed by atoms with Crippen LogP contribution in [0.3, 0.4) is 0 Å². The molecule has 1 aromatic rings. The standard InChI is InChI=1S/C17H22F3N3O4S/c18-17(19,20)12-21-16(25)13-4-6-14(7-5-13)28(26,27)22-9-8-15(24)23-10-2-1-3-11-23/h4-7,22H,1-3,8-12H2,(H,21,25). The van der Waals surface area contributed by atoms with Gasteiger partial charge in [-0.05, 0) is 43.5 Å². The molecule has 1 fully saturated rings. The molecule has 2 rings (SSSR count). The summed E-state index contributed by atoms with van der Waals surface area (Å²) in [6.07, 6.45) is -1.52. The lowest BCUT2D eigenvalue weighted by atomic mass is 10.1. The van der Waals surface area contributed by atoms with Gasteiger partial charge in [0.05, 0.1) is 4.90 Å². The van der Waals surface area contributed by atoms with E-state index in [1.807, 2.05) is 0 Å². The van der Waals surface area contributed by atoms with E-state index in [0.29, 0.717) is 13.1 Å². The fourth-order valence-electron chi connectivity index (χ4n) is 2.75. The highest BCUT2D eigenvalue weighted by atomic mass is 32.2. The van der Waals surface area contributed by atoms with E-state index in [1.165, 1.54) is 0 Å². The Bertz CT molecular complexity index is 789. The van der Waals surface area contributed by atoms with Crippen LogP contribution in [0.1, 0.15) is 36.0 Å². The van der Waals surface area contributed by atoms with Crippen LogP contribution in [0.25, 0.3) is 0 Å². The number of piperidine rings is 1. The van der Waals surface area contributed by atoms with Gasteiger partial charge in [0.1, 0.15) is 6.54 Å². The second-order valence-corrected chi connectivity index (χ2v) is 8.18. The maximum absolute atomic E-state index is 12.2. The van der Waals surface area contributed by atoms with Gasteiger partial charge in [-0.2, -0.15) is 13.2 Å². The second-order valence-electron chi connectivity index (χ2n) is 6.41. The van der Waals surface area contributed by atoms with Crippen LogP contribution in [0.4, 0.5) is 13.2 Å². The fourth-order valence-corrected chi connectivity index (χ4v) is 3.78. The van der Waals surface area contributed by atoms with E-state index in [1.54, 1.807) is 10.2 Å². The predicted octanol–water partition coefficient (Wildman–Crippen LogP) is 1.66. The molecule has 0 aromatic heterocycles. The third-order valence-electron chi connectivity index (χ3n) is 4.22. The van der Waals surface area contributed by atoms with Crippen LogP contribution in [0.2, 0.25) is 0 Å². The van der Waals surface area contributed by atoms with Crippen molar-refractivity contribution < 1.29 is 31.2 Å². The Hall–Kier alpha value is -2.14. The van der Waals surface area contributed by atoms with Crippen molar-refractivity contribution in [2.75, 3.05) is 26.2 Å². The van der Waals surface area contributed by atoms with Crippen molar-refractivity contribution in [3.8, 4) is 0 Å². The first-order valence-electron chi connectivity index (χ1n) is 8.81. The number of benzene rings is 1. The molecule has 156 valence electrons. The summed E-state index contributed by atoms with van der Waals surface area (Å²) in [5.74, 6) is -1.07. The minimum absolute atomic E-state index is 0.0389. The zero-order valence-electron chi connectivity index (χ0n) is 15.1. The molecule has 7 nitrogen and oxygen atoms in total. The Morgan fingerprint density at radius 3 is 2.21 bits per heavy atom. The minimum atomic E-state index is -4.53.